The minimum absolute atomic E-state index is 0.833. The van der Waals surface area contributed by atoms with Crippen LogP contribution in [0.25, 0.3) is 0 Å². The molecule has 5 rings (SSSR count). The van der Waals surface area contributed by atoms with Crippen molar-refractivity contribution in [2.75, 3.05) is 26.4 Å². The number of rotatable bonds is 15. The highest BCUT2D eigenvalue weighted by Gasteiger charge is 2.59. The molecule has 5 aliphatic heterocycles. The molecule has 0 aromatic heterocycles. The molecule has 0 spiro atoms. The molecule has 5 saturated heterocycles. The molecule has 5 heterocycles. The van der Waals surface area contributed by atoms with E-state index in [1.165, 1.54) is 0 Å². The highest BCUT2D eigenvalue weighted by Crippen LogP contribution is 2.37. The lowest BCUT2D eigenvalue weighted by atomic mass is 9.93. The largest absolute Gasteiger partial charge is 0.479 e. The van der Waals surface area contributed by atoms with Gasteiger partial charge in [-0.3, -0.25) is 9.59 Å². The molecule has 5 aliphatic rings. The quantitative estimate of drug-likeness (QED) is 0.0725. The minimum Gasteiger partial charge on any atom is -0.479 e. The molecular weight excluding hydrogens is 868 g/mol. The molecule has 0 saturated carbocycles. The molecular formula is C34H56N2O27. The van der Waals surface area contributed by atoms with E-state index < -0.39 is 198 Å². The first-order chi connectivity index (χ1) is 29.7. The Kier molecular flexibility index (Phi) is 17.9. The van der Waals surface area contributed by atoms with Crippen LogP contribution in [0.5, 0.6) is 0 Å². The molecule has 25 atom stereocenters. The lowest BCUT2D eigenvalue weighted by Gasteiger charge is -2.51. The van der Waals surface area contributed by atoms with Crippen LogP contribution in [0.4, 0.5) is 0 Å². The van der Waals surface area contributed by atoms with Crippen LogP contribution in [0.1, 0.15) is 13.8 Å². The summed E-state index contributed by atoms with van der Waals surface area (Å²) in [6.07, 6.45) is -45.8. The van der Waals surface area contributed by atoms with Gasteiger partial charge in [-0.25, -0.2) is 4.79 Å². The number of amides is 2. The van der Waals surface area contributed by atoms with E-state index in [9.17, 15) is 91.0 Å². The molecule has 2 amide bonds. The van der Waals surface area contributed by atoms with Crippen molar-refractivity contribution in [2.24, 2.45) is 0 Å². The van der Waals surface area contributed by atoms with Gasteiger partial charge in [-0.05, 0) is 0 Å². The van der Waals surface area contributed by atoms with E-state index >= 15 is 0 Å². The molecule has 63 heavy (non-hydrogen) atoms. The van der Waals surface area contributed by atoms with Crippen LogP contribution in [0.3, 0.4) is 0 Å². The maximum Gasteiger partial charge on any atom is 0.335 e. The second-order valence-corrected chi connectivity index (χ2v) is 15.5. The van der Waals surface area contributed by atoms with E-state index in [1.54, 1.807) is 0 Å². The molecule has 0 bridgehead atoms. The predicted octanol–water partition coefficient (Wildman–Crippen LogP) is -11.5. The lowest BCUT2D eigenvalue weighted by molar-refractivity contribution is -0.390. The summed E-state index contributed by atoms with van der Waals surface area (Å²) in [5.41, 5.74) is 0. The summed E-state index contributed by atoms with van der Waals surface area (Å²) in [4.78, 5) is 37.5. The van der Waals surface area contributed by atoms with Gasteiger partial charge in [0.15, 0.2) is 37.6 Å². The summed E-state index contributed by atoms with van der Waals surface area (Å²) in [7, 11) is 0. The first-order valence-electron chi connectivity index (χ1n) is 19.6. The lowest BCUT2D eigenvalue weighted by Crippen LogP contribution is -2.71. The number of carboxylic acids is 1. The number of carboxylic acid groups (broad SMARTS) is 1. The van der Waals surface area contributed by atoms with Gasteiger partial charge in [0.1, 0.15) is 116 Å². The van der Waals surface area contributed by atoms with Crippen molar-refractivity contribution in [1.82, 2.24) is 10.6 Å². The third-order valence-corrected chi connectivity index (χ3v) is 11.1. The maximum absolute atomic E-state index is 12.9. The SMILES string of the molecule is CC(=O)N[C@H]1[C@H](O[C@@H]2[C@H](O)[C@@H](O)[C@H](O)O[C@@H]2CO)O[C@H](CO)[C@H](O[C@@H]2O[C@H](C(=O)O)[C@@H](O[C@@H]3O[C@H](CO)[C@@H](O)[C@H](O)[C@H]3O)[C@H](O[C@@H]3O[C@H](CO)[C@@H](O)[C@H](O)[C@H]3NC(C)=O)[C@H]2O)[C@@H]1O. The van der Waals surface area contributed by atoms with Gasteiger partial charge in [-0.1, -0.05) is 0 Å². The Hall–Kier alpha value is -2.51. The monoisotopic (exact) mass is 924 g/mol. The van der Waals surface area contributed by atoms with Crippen molar-refractivity contribution >= 4 is 17.8 Å². The van der Waals surface area contributed by atoms with Crippen molar-refractivity contribution in [3.05, 3.63) is 0 Å². The van der Waals surface area contributed by atoms with Gasteiger partial charge in [0.25, 0.3) is 0 Å². The van der Waals surface area contributed by atoms with Crippen LogP contribution < -0.4 is 10.6 Å². The normalized spacial score (nSPS) is 48.3. The summed E-state index contributed by atoms with van der Waals surface area (Å²) < 4.78 is 50.8. The highest BCUT2D eigenvalue weighted by molar-refractivity contribution is 5.74. The van der Waals surface area contributed by atoms with Gasteiger partial charge < -0.3 is 130 Å². The summed E-state index contributed by atoms with van der Waals surface area (Å²) in [6.45, 7) is -1.91. The molecule has 0 radical (unpaired) electrons. The van der Waals surface area contributed by atoms with Crippen LogP contribution in [0, 0.1) is 0 Å². The van der Waals surface area contributed by atoms with Crippen LogP contribution in [-0.2, 0) is 57.0 Å². The maximum atomic E-state index is 12.9. The van der Waals surface area contributed by atoms with Crippen molar-refractivity contribution in [1.29, 1.82) is 0 Å². The summed E-state index contributed by atoms with van der Waals surface area (Å²) >= 11 is 0. The Bertz CT molecular complexity index is 1520. The predicted molar refractivity (Wildman–Crippen MR) is 190 cm³/mol. The Morgan fingerprint density at radius 2 is 0.841 bits per heavy atom. The smallest absolute Gasteiger partial charge is 0.335 e. The first kappa shape index (κ1) is 51.5. The molecule has 0 unspecified atom stereocenters. The molecule has 5 fully saturated rings. The van der Waals surface area contributed by atoms with E-state index in [2.05, 4.69) is 10.6 Å². The molecule has 29 heteroatoms. The number of aliphatic carboxylic acids is 1. The van der Waals surface area contributed by atoms with Crippen molar-refractivity contribution in [3.63, 3.8) is 0 Å². The topological polar surface area (TPSA) is 462 Å². The molecule has 0 aromatic carbocycles. The Morgan fingerprint density at radius 1 is 0.429 bits per heavy atom. The number of carbonyl (C=O) groups excluding carboxylic acids is 2. The third kappa shape index (κ3) is 11.0. The molecule has 17 N–H and O–H groups in total. The number of hydrogen-bond donors (Lipinski definition) is 17. The number of aliphatic hydroxyl groups excluding tert-OH is 14. The van der Waals surface area contributed by atoms with Gasteiger partial charge >= 0.3 is 5.97 Å². The van der Waals surface area contributed by atoms with E-state index in [0.717, 1.165) is 13.8 Å². The van der Waals surface area contributed by atoms with Gasteiger partial charge in [0.2, 0.25) is 11.8 Å². The molecule has 29 nitrogen and oxygen atoms in total. The van der Waals surface area contributed by atoms with Gasteiger partial charge in [0, 0.05) is 13.8 Å². The zero-order chi connectivity index (χ0) is 46.8. The van der Waals surface area contributed by atoms with Crippen molar-refractivity contribution < 1.29 is 134 Å². The average molecular weight is 925 g/mol. The van der Waals surface area contributed by atoms with E-state index in [1.807, 2.05) is 0 Å². The van der Waals surface area contributed by atoms with Crippen molar-refractivity contribution in [3.8, 4) is 0 Å². The second kappa shape index (κ2) is 21.9. The first-order valence-corrected chi connectivity index (χ1v) is 19.6. The molecule has 0 aromatic rings. The zero-order valence-corrected chi connectivity index (χ0v) is 33.4. The van der Waals surface area contributed by atoms with Crippen molar-refractivity contribution in [2.45, 2.75) is 167 Å². The van der Waals surface area contributed by atoms with E-state index in [0.29, 0.717) is 0 Å². The van der Waals surface area contributed by atoms with Crippen LogP contribution in [0.15, 0.2) is 0 Å². The van der Waals surface area contributed by atoms with E-state index in [4.69, 9.17) is 42.6 Å². The fourth-order valence-corrected chi connectivity index (χ4v) is 7.80. The zero-order valence-electron chi connectivity index (χ0n) is 33.4. The minimum atomic E-state index is -2.41. The number of aliphatic hydroxyl groups is 14. The fraction of sp³-hybridized carbons (Fsp3) is 0.912. The Labute approximate surface area is 355 Å². The fourth-order valence-electron chi connectivity index (χ4n) is 7.80. The Morgan fingerprint density at radius 3 is 1.37 bits per heavy atom. The molecule has 0 aliphatic carbocycles. The number of hydrogen-bond acceptors (Lipinski definition) is 26. The highest BCUT2D eigenvalue weighted by atomic mass is 16.8. The van der Waals surface area contributed by atoms with Crippen LogP contribution in [-0.4, -0.2) is 274 Å². The Balaban J connectivity index is 1.50. The number of nitrogens with one attached hydrogen (secondary N) is 2. The van der Waals surface area contributed by atoms with Crippen LogP contribution in [0.2, 0.25) is 0 Å². The van der Waals surface area contributed by atoms with Crippen LogP contribution >= 0.6 is 0 Å². The second-order valence-electron chi connectivity index (χ2n) is 15.5. The average Bonchev–Trinajstić information content (AvgIpc) is 3.23. The summed E-state index contributed by atoms with van der Waals surface area (Å²) in [5.74, 6) is -3.60. The van der Waals surface area contributed by atoms with Gasteiger partial charge in [-0.2, -0.15) is 0 Å². The summed E-state index contributed by atoms with van der Waals surface area (Å²) in [6, 6.07) is -3.50. The number of ether oxygens (including phenoxy) is 9. The van der Waals surface area contributed by atoms with Gasteiger partial charge in [0.05, 0.1) is 26.4 Å². The third-order valence-electron chi connectivity index (χ3n) is 11.1. The molecule has 364 valence electrons. The van der Waals surface area contributed by atoms with Gasteiger partial charge in [-0.15, -0.1) is 0 Å². The standard InChI is InChI=1S/C34H56N2O27/c1-7(41)35-13-17(45)15(43)9(3-37)56-31(13)61-26-23(51)34(63-28(29(52)53)27(26)62-33-22(50)19(47)16(44)10(4-38)57-33)60-24-12(6-40)58-32(14(18(24)46)36-8(2)42)59-25-11(5-39)55-30(54)21(49)20(25)48/h9-28,30-34,37-40,43-51,54H,3-6H2,1-2H3,(H,35,41)(H,36,42)(H,52,53)/t9-,10-,11-,12-,13-,14-,15-,16-,17-,18-,19+,20-,21-,22-,23-,24+,25+,26-,27+,28+,30-,31+,32+,33+,34-/m1/s1. The number of carbonyl (C=O) groups is 3. The summed E-state index contributed by atoms with van der Waals surface area (Å²) in [5, 5.41) is 162. The van der Waals surface area contributed by atoms with E-state index in [-0.39, 0.29) is 0 Å².